The number of carboxylic acid groups (broad SMARTS) is 12. The molecule has 0 radical (unpaired) electrons. The van der Waals surface area contributed by atoms with Crippen LogP contribution in [0.2, 0.25) is 0 Å². The van der Waals surface area contributed by atoms with Gasteiger partial charge in [0.2, 0.25) is 25.6 Å². The maximum absolute atomic E-state index is 9.49. The fraction of sp³-hybridized carbons (Fsp3) is 0.333. The van der Waals surface area contributed by atoms with Gasteiger partial charge in [-0.1, -0.05) is 78.9 Å². The Bertz CT molecular complexity index is 1810. The minimum absolute atomic E-state index is 0. The van der Waals surface area contributed by atoms with Gasteiger partial charge in [-0.15, -0.1) is 0 Å². The zero-order valence-corrected chi connectivity index (χ0v) is 77.2. The number of hydrogen-bond donors (Lipinski definition) is 0. The summed E-state index contributed by atoms with van der Waals surface area (Å²) in [5.41, 5.74) is 0.778. The van der Waals surface area contributed by atoms with Gasteiger partial charge in [-0.25, -0.2) is 0 Å². The Morgan fingerprint density at radius 2 is 0.208 bits per heavy atom. The zero-order valence-electron chi connectivity index (χ0n) is 62.4. The molecular weight excluding hydrogens is 1900 g/mol. The van der Waals surface area contributed by atoms with E-state index in [4.69, 9.17) is 0 Å². The maximum Gasteiger partial charge on any atom is 4.00 e. The van der Waals surface area contributed by atoms with E-state index in [1.54, 1.807) is 56.4 Å². The Kier molecular flexibility index (Phi) is 266. The molecule has 0 aliphatic carbocycles. The molecule has 0 aliphatic heterocycles. The zero-order chi connectivity index (χ0) is 79.0. The van der Waals surface area contributed by atoms with E-state index in [1.807, 2.05) is 0 Å². The van der Waals surface area contributed by atoms with Crippen LogP contribution in [-0.2, 0) is 256 Å². The Labute approximate surface area is 734 Å². The average molecular weight is 1990 g/mol. The number of rotatable bonds is 16. The van der Waals surface area contributed by atoms with Crippen LogP contribution >= 0.6 is 0 Å². The van der Waals surface area contributed by atoms with Crippen molar-refractivity contribution >= 4 is 97.3 Å². The first kappa shape index (κ1) is 200. The largest absolute Gasteiger partial charge is 4.00 e. The van der Waals surface area contributed by atoms with Crippen LogP contribution in [0.25, 0.3) is 0 Å². The van der Waals surface area contributed by atoms with Crippen molar-refractivity contribution in [2.75, 3.05) is 56.4 Å². The number of carboxylic acids is 12. The van der Waals surface area contributed by atoms with E-state index < -0.39 is 71.6 Å². The quantitative estimate of drug-likeness (QED) is 0.102. The van der Waals surface area contributed by atoms with Crippen LogP contribution < -0.4 is 61.3 Å². The van der Waals surface area contributed by atoms with Gasteiger partial charge in [0.25, 0.3) is 0 Å². The topological polar surface area (TPSA) is 797 Å². The summed E-state index contributed by atoms with van der Waals surface area (Å²) >= 11 is 0. The van der Waals surface area contributed by atoms with Crippen LogP contribution in [0.15, 0.2) is 146 Å². The summed E-state index contributed by atoms with van der Waals surface area (Å²) in [4.78, 5) is 157. The van der Waals surface area contributed by atoms with E-state index in [2.05, 4.69) is 78.9 Å². The number of hydrogen-bond acceptors (Lipinski definition) is 32. The van der Waals surface area contributed by atoms with Crippen LogP contribution in [0.3, 0.4) is 0 Å². The molecule has 0 aromatic rings. The molecule has 0 saturated heterocycles. The van der Waals surface area contributed by atoms with Gasteiger partial charge in [0.05, 0.1) is 71.6 Å². The van der Waals surface area contributed by atoms with Gasteiger partial charge >= 0.3 is 157 Å². The predicted octanol–water partition coefficient (Wildman–Crippen LogP) is -10.6. The maximum atomic E-state index is 9.49. The molecule has 0 bridgehead atoms. The molecule has 4 N–H and O–H groups in total. The third kappa shape index (κ3) is 371. The van der Waals surface area contributed by atoms with E-state index in [0.29, 0.717) is 0 Å². The second-order valence-corrected chi connectivity index (χ2v) is 17.1. The molecule has 0 atom stereocenters. The average Bonchev–Trinajstić information content (AvgIpc) is 3.40. The van der Waals surface area contributed by atoms with Crippen molar-refractivity contribution in [3.63, 3.8) is 0 Å². The Balaban J connectivity index is -0.0000000206. The molecule has 46 heteroatoms. The molecule has 0 heterocycles. The fourth-order valence-electron chi connectivity index (χ4n) is 0. The van der Waals surface area contributed by atoms with Gasteiger partial charge in [-0.3, -0.25) is 19.2 Å². The van der Waals surface area contributed by atoms with Crippen LogP contribution in [0.4, 0.5) is 0 Å². The van der Waals surface area contributed by atoms with Gasteiger partial charge in [0.1, 0.15) is 0 Å². The van der Waals surface area contributed by atoms with Crippen LogP contribution in [0, 0.1) is 0 Å². The van der Waals surface area contributed by atoms with Crippen molar-refractivity contribution in [3.8, 4) is 0 Å². The number of carbonyl (C=O) groups is 16. The van der Waals surface area contributed by atoms with E-state index >= 15 is 0 Å². The SMILES string of the molecule is C=C(C)C(=O)[O-].C=C(C)C(=O)[O-].C=C(C)C(=O)[O-].C=C(C)C(=O)[O-].C=C(C)C(=O)[O-].C=C(C)C(=O)[O-].C=C(C)C(=O)[O-].C=C(C)C(=O)[O-].C=C(C)C(=O)[O-].C=C(C)C(=O)[O-].C=C(C)C(=O)[O-].C=C(C)C(=O)[O-].CN(C)C=O.CN(C)C=O.CN(C)C=O.CN(C)C=O.[O-2].[O-2].[O-2].[O-2].[OH-].[OH-].[OH-].[OH-].[Zr+4].[Zr+4].[Zr+4].[Zr+4].[Zr+4].[Zr+4]. The second kappa shape index (κ2) is 141. The molecule has 592 valence electrons. The first-order valence-corrected chi connectivity index (χ1v) is 23.7. The monoisotopic (exact) mass is 1980 g/mol. The second-order valence-electron chi connectivity index (χ2n) is 17.1. The summed E-state index contributed by atoms with van der Waals surface area (Å²) in [5, 5.41) is 114. The molecule has 0 aromatic heterocycles. The third-order valence-corrected chi connectivity index (χ3v) is 5.02. The Hall–Kier alpha value is -6.62. The molecular formula is C60H92N4O36Zr6. The molecule has 0 unspecified atom stereocenters. The van der Waals surface area contributed by atoms with E-state index in [0.717, 1.165) is 25.6 Å². The van der Waals surface area contributed by atoms with Gasteiger partial charge < -0.3 is 182 Å². The molecule has 106 heavy (non-hydrogen) atoms. The molecule has 4 amide bonds. The predicted molar refractivity (Wildman–Crippen MR) is 327 cm³/mol. The van der Waals surface area contributed by atoms with Crippen molar-refractivity contribution in [2.24, 2.45) is 0 Å². The van der Waals surface area contributed by atoms with Gasteiger partial charge in [0.15, 0.2) is 0 Å². The molecule has 0 aliphatic rings. The van der Waals surface area contributed by atoms with Crippen LogP contribution in [0.1, 0.15) is 83.1 Å². The summed E-state index contributed by atoms with van der Waals surface area (Å²) in [5.74, 6) is -14.2. The number of nitrogens with zero attached hydrogens (tertiary/aromatic N) is 4. The minimum Gasteiger partial charge on any atom is -2.00 e. The molecule has 0 spiro atoms. The first-order valence-electron chi connectivity index (χ1n) is 23.7. The molecule has 0 aromatic carbocycles. The molecule has 0 rings (SSSR count). The van der Waals surface area contributed by atoms with Crippen molar-refractivity contribution in [1.29, 1.82) is 0 Å². The van der Waals surface area contributed by atoms with Crippen LogP contribution in [-0.4, -0.2) is 195 Å². The van der Waals surface area contributed by atoms with Crippen molar-refractivity contribution in [3.05, 3.63) is 146 Å². The molecule has 0 fully saturated rings. The standard InChI is InChI=1S/12C4H6O2.4C3H7NO.4H2O.4O.6Zr/c12*1-3(2)4(5)6;4*1-4(2)3-5;;;;;;;;;;;;;;/h12*1H2,2H3,(H,5,6);4*3H,1-2H3;4*1H2;;;;;;;;;;/q;;;;;;;;;;;;;;;;;;;;4*-2;6*+4/p-16. The van der Waals surface area contributed by atoms with Crippen molar-refractivity contribution in [2.45, 2.75) is 83.1 Å². The van der Waals surface area contributed by atoms with Gasteiger partial charge in [-0.05, 0) is 150 Å². The van der Waals surface area contributed by atoms with Crippen LogP contribution in [0.5, 0.6) is 0 Å². The number of amides is 4. The molecule has 40 nitrogen and oxygen atoms in total. The van der Waals surface area contributed by atoms with Gasteiger partial charge in [0, 0.05) is 56.4 Å². The Morgan fingerprint density at radius 1 is 0.189 bits per heavy atom. The summed E-state index contributed by atoms with van der Waals surface area (Å²) in [6.45, 7) is 53.7. The Morgan fingerprint density at radius 3 is 0.208 bits per heavy atom. The van der Waals surface area contributed by atoms with E-state index in [1.165, 1.54) is 103 Å². The van der Waals surface area contributed by atoms with Gasteiger partial charge in [-0.2, -0.15) is 0 Å². The fourth-order valence-corrected chi connectivity index (χ4v) is 0. The summed E-state index contributed by atoms with van der Waals surface area (Å²) in [7, 11) is 13.5. The summed E-state index contributed by atoms with van der Waals surface area (Å²) in [6.07, 6.45) is 3.00. The number of carbonyl (C=O) groups excluding carboxylic acids is 16. The summed E-state index contributed by atoms with van der Waals surface area (Å²) in [6, 6.07) is 0. The van der Waals surface area contributed by atoms with Crippen molar-refractivity contribution < 1.29 is 339 Å². The normalized spacial score (nSPS) is 6.38. The van der Waals surface area contributed by atoms with E-state index in [9.17, 15) is 138 Å². The molecule has 0 saturated carbocycles. The summed E-state index contributed by atoms with van der Waals surface area (Å²) < 4.78 is 0. The third-order valence-electron chi connectivity index (χ3n) is 5.02. The number of aliphatic carboxylic acids is 12. The van der Waals surface area contributed by atoms with E-state index in [-0.39, 0.29) is 268 Å². The van der Waals surface area contributed by atoms with Crippen molar-refractivity contribution in [1.82, 2.24) is 19.6 Å². The minimum atomic E-state index is -1.19. The first-order chi connectivity index (χ1) is 40.8. The smallest absolute Gasteiger partial charge is 2.00 e.